The van der Waals surface area contributed by atoms with Crippen molar-refractivity contribution in [1.82, 2.24) is 4.72 Å². The van der Waals surface area contributed by atoms with Crippen molar-refractivity contribution < 1.29 is 12.8 Å². The van der Waals surface area contributed by atoms with Crippen LogP contribution in [0.2, 0.25) is 15.1 Å². The van der Waals surface area contributed by atoms with Gasteiger partial charge in [-0.2, -0.15) is 5.10 Å². The van der Waals surface area contributed by atoms with Crippen LogP contribution in [-0.4, -0.2) is 20.7 Å². The maximum absolute atomic E-state index is 13.6. The van der Waals surface area contributed by atoms with Gasteiger partial charge in [0.25, 0.3) is 0 Å². The van der Waals surface area contributed by atoms with E-state index in [0.717, 1.165) is 11.6 Å². The molecular formula is C23H19Cl3FN3O2S. The molecule has 3 aromatic carbocycles. The Kier molecular flexibility index (Phi) is 6.98. The number of anilines is 1. The molecule has 5 nitrogen and oxygen atoms in total. The molecule has 10 heteroatoms. The molecule has 1 aliphatic heterocycles. The molecule has 0 radical (unpaired) electrons. The molecule has 0 bridgehead atoms. The number of sulfonamides is 1. The summed E-state index contributed by atoms with van der Waals surface area (Å²) in [6.45, 7) is 1.58. The van der Waals surface area contributed by atoms with Crippen LogP contribution in [0.5, 0.6) is 0 Å². The molecule has 4 rings (SSSR count). The summed E-state index contributed by atoms with van der Waals surface area (Å²) in [5.41, 5.74) is 2.62. The number of hydrazone groups is 1. The second-order valence-electron chi connectivity index (χ2n) is 7.61. The molecule has 33 heavy (non-hydrogen) atoms. The number of nitrogens with one attached hydrogen (secondary N) is 1. The normalized spacial score (nSPS) is 16.2. The first-order valence-corrected chi connectivity index (χ1v) is 12.6. The maximum Gasteiger partial charge on any atom is 0.241 e. The minimum absolute atomic E-state index is 0.0376. The van der Waals surface area contributed by atoms with Crippen LogP contribution in [-0.2, 0) is 10.0 Å². The van der Waals surface area contributed by atoms with E-state index in [1.807, 2.05) is 12.1 Å². The van der Waals surface area contributed by atoms with E-state index in [1.165, 1.54) is 12.1 Å². The lowest BCUT2D eigenvalue weighted by molar-refractivity contribution is 0.581. The van der Waals surface area contributed by atoms with Crippen LogP contribution in [0.4, 0.5) is 10.1 Å². The van der Waals surface area contributed by atoms with Crippen molar-refractivity contribution in [3.05, 3.63) is 92.7 Å². The second-order valence-corrected chi connectivity index (χ2v) is 10.6. The Morgan fingerprint density at radius 2 is 1.73 bits per heavy atom. The van der Waals surface area contributed by atoms with Crippen LogP contribution in [0.3, 0.4) is 0 Å². The monoisotopic (exact) mass is 525 g/mol. The van der Waals surface area contributed by atoms with Crippen molar-refractivity contribution in [3.8, 4) is 0 Å². The van der Waals surface area contributed by atoms with Crippen LogP contribution in [0, 0.1) is 12.7 Å². The average Bonchev–Trinajstić information content (AvgIpc) is 3.18. The van der Waals surface area contributed by atoms with E-state index >= 15 is 0 Å². The first kappa shape index (κ1) is 24.0. The molecule has 172 valence electrons. The highest BCUT2D eigenvalue weighted by molar-refractivity contribution is 7.89. The molecule has 0 aliphatic carbocycles. The Balaban J connectivity index is 1.63. The third-order valence-electron chi connectivity index (χ3n) is 5.29. The minimum atomic E-state index is -3.93. The van der Waals surface area contributed by atoms with Gasteiger partial charge in [-0.25, -0.2) is 17.5 Å². The van der Waals surface area contributed by atoms with Crippen LogP contribution >= 0.6 is 34.8 Å². The van der Waals surface area contributed by atoms with E-state index in [2.05, 4.69) is 9.82 Å². The molecule has 1 aliphatic rings. The van der Waals surface area contributed by atoms with Crippen molar-refractivity contribution in [2.45, 2.75) is 24.3 Å². The van der Waals surface area contributed by atoms with E-state index < -0.39 is 15.8 Å². The third kappa shape index (κ3) is 5.34. The van der Waals surface area contributed by atoms with Crippen LogP contribution < -0.4 is 9.73 Å². The summed E-state index contributed by atoms with van der Waals surface area (Å²) in [4.78, 5) is -0.104. The van der Waals surface area contributed by atoms with Gasteiger partial charge < -0.3 is 0 Å². The molecular weight excluding hydrogens is 508 g/mol. The van der Waals surface area contributed by atoms with Gasteiger partial charge in [-0.3, -0.25) is 5.01 Å². The van der Waals surface area contributed by atoms with Crippen molar-refractivity contribution in [2.24, 2.45) is 5.10 Å². The SMILES string of the molecule is Cc1ccc(F)cc1S(=O)(=O)NCC1=NN(c2ccc(Cl)cc2Cl)[C@@H](c2ccc(Cl)cc2)C1. The minimum Gasteiger partial charge on any atom is -0.256 e. The third-order valence-corrected chi connectivity index (χ3v) is 7.62. The van der Waals surface area contributed by atoms with Crippen molar-refractivity contribution in [1.29, 1.82) is 0 Å². The Morgan fingerprint density at radius 1 is 1.03 bits per heavy atom. The Morgan fingerprint density at radius 3 is 2.42 bits per heavy atom. The molecule has 0 spiro atoms. The van der Waals surface area contributed by atoms with Crippen molar-refractivity contribution in [3.63, 3.8) is 0 Å². The van der Waals surface area contributed by atoms with Gasteiger partial charge in [-0.05, 0) is 60.5 Å². The first-order chi connectivity index (χ1) is 15.6. The molecule has 3 aromatic rings. The smallest absolute Gasteiger partial charge is 0.241 e. The van der Waals surface area contributed by atoms with Crippen LogP contribution in [0.15, 0.2) is 70.7 Å². The zero-order chi connectivity index (χ0) is 23.8. The molecule has 1 N–H and O–H groups in total. The Labute approximate surface area is 206 Å². The Bertz CT molecular complexity index is 1330. The number of halogens is 4. The first-order valence-electron chi connectivity index (χ1n) is 9.96. The number of hydrogen-bond acceptors (Lipinski definition) is 4. The zero-order valence-corrected chi connectivity index (χ0v) is 20.5. The van der Waals surface area contributed by atoms with Gasteiger partial charge >= 0.3 is 0 Å². The highest BCUT2D eigenvalue weighted by atomic mass is 35.5. The summed E-state index contributed by atoms with van der Waals surface area (Å²) in [7, 11) is -3.93. The molecule has 0 fully saturated rings. The van der Waals surface area contributed by atoms with Gasteiger partial charge in [0.1, 0.15) is 5.82 Å². The van der Waals surface area contributed by atoms with Gasteiger partial charge in [-0.1, -0.05) is 53.0 Å². The van der Waals surface area contributed by atoms with E-state index in [4.69, 9.17) is 34.8 Å². The topological polar surface area (TPSA) is 61.8 Å². The molecule has 1 heterocycles. The number of rotatable bonds is 6. The number of aryl methyl sites for hydroxylation is 1. The number of benzene rings is 3. The van der Waals surface area contributed by atoms with Gasteiger partial charge in [-0.15, -0.1) is 0 Å². The predicted molar refractivity (Wildman–Crippen MR) is 132 cm³/mol. The van der Waals surface area contributed by atoms with Crippen LogP contribution in [0.25, 0.3) is 0 Å². The summed E-state index contributed by atoms with van der Waals surface area (Å²) in [6.07, 6.45) is 0.450. The van der Waals surface area contributed by atoms with E-state index in [9.17, 15) is 12.8 Å². The van der Waals surface area contributed by atoms with Crippen LogP contribution in [0.1, 0.15) is 23.6 Å². The summed E-state index contributed by atoms with van der Waals surface area (Å²) >= 11 is 18.5. The molecule has 0 unspecified atom stereocenters. The maximum atomic E-state index is 13.6. The highest BCUT2D eigenvalue weighted by Crippen LogP contribution is 2.39. The summed E-state index contributed by atoms with van der Waals surface area (Å²) in [6, 6.07) is 15.9. The van der Waals surface area contributed by atoms with E-state index in [0.29, 0.717) is 38.5 Å². The fraction of sp³-hybridized carbons (Fsp3) is 0.174. The molecule has 0 aromatic heterocycles. The standard InChI is InChI=1S/C23H19Cl3FN3O2S/c1-14-2-8-18(27)11-23(14)33(31,32)28-13-19-12-22(15-3-5-16(24)6-4-15)30(29-19)21-9-7-17(25)10-20(21)26/h2-11,22,28H,12-13H2,1H3/t22-/m1/s1. The molecule has 0 saturated carbocycles. The van der Waals surface area contributed by atoms with Crippen molar-refractivity contribution >= 4 is 56.2 Å². The van der Waals surface area contributed by atoms with Gasteiger partial charge in [0.05, 0.1) is 33.9 Å². The summed E-state index contributed by atoms with van der Waals surface area (Å²) in [5, 5.41) is 7.92. The zero-order valence-electron chi connectivity index (χ0n) is 17.4. The van der Waals surface area contributed by atoms with E-state index in [1.54, 1.807) is 42.3 Å². The number of hydrogen-bond donors (Lipinski definition) is 1. The van der Waals surface area contributed by atoms with Gasteiger partial charge in [0, 0.05) is 16.5 Å². The number of nitrogens with zero attached hydrogens (tertiary/aromatic N) is 2. The fourth-order valence-corrected chi connectivity index (χ4v) is 5.53. The van der Waals surface area contributed by atoms with Gasteiger partial charge in [0.2, 0.25) is 10.0 Å². The lowest BCUT2D eigenvalue weighted by Gasteiger charge is -2.25. The largest absolute Gasteiger partial charge is 0.256 e. The van der Waals surface area contributed by atoms with E-state index in [-0.39, 0.29) is 17.5 Å². The lowest BCUT2D eigenvalue weighted by Crippen LogP contribution is -2.29. The molecule has 1 atom stereocenters. The fourth-order valence-electron chi connectivity index (χ4n) is 3.63. The quantitative estimate of drug-likeness (QED) is 0.405. The predicted octanol–water partition coefficient (Wildman–Crippen LogP) is 6.38. The second kappa shape index (κ2) is 9.60. The lowest BCUT2D eigenvalue weighted by atomic mass is 10.0. The van der Waals surface area contributed by atoms with Gasteiger partial charge in [0.15, 0.2) is 0 Å². The Hall–Kier alpha value is -2.16. The summed E-state index contributed by atoms with van der Waals surface area (Å²) in [5.74, 6) is -0.620. The average molecular weight is 527 g/mol. The van der Waals surface area contributed by atoms with Crippen molar-refractivity contribution in [2.75, 3.05) is 11.6 Å². The highest BCUT2D eigenvalue weighted by Gasteiger charge is 2.31. The molecule has 0 saturated heterocycles. The molecule has 0 amide bonds. The summed E-state index contributed by atoms with van der Waals surface area (Å²) < 4.78 is 41.8.